The van der Waals surface area contributed by atoms with Crippen LogP contribution in [0, 0.1) is 5.41 Å². The highest BCUT2D eigenvalue weighted by atomic mass is 32.2. The lowest BCUT2D eigenvalue weighted by atomic mass is 9.86. The first-order valence-corrected chi connectivity index (χ1v) is 5.71. The van der Waals surface area contributed by atoms with Crippen LogP contribution in [0.15, 0.2) is 0 Å². The normalized spacial score (nSPS) is 26.0. The minimum absolute atomic E-state index is 0.00155. The molecule has 1 aliphatic heterocycles. The molecule has 1 atom stereocenters. The van der Waals surface area contributed by atoms with Gasteiger partial charge in [0.25, 0.3) is 0 Å². The van der Waals surface area contributed by atoms with Crippen molar-refractivity contribution in [1.29, 1.82) is 0 Å². The smallest absolute Gasteiger partial charge is 0.311 e. The van der Waals surface area contributed by atoms with E-state index >= 15 is 0 Å². The summed E-state index contributed by atoms with van der Waals surface area (Å²) in [4.78, 5) is 10.8. The molecule has 6 heteroatoms. The highest BCUT2D eigenvalue weighted by molar-refractivity contribution is 7.93. The van der Waals surface area contributed by atoms with Crippen LogP contribution in [0.4, 0.5) is 0 Å². The van der Waals surface area contributed by atoms with Gasteiger partial charge in [0.05, 0.1) is 23.0 Å². The topological polar surface area (TPSA) is 91.7 Å². The summed E-state index contributed by atoms with van der Waals surface area (Å²) in [5.41, 5.74) is -1.24. The lowest BCUT2D eigenvalue weighted by Crippen LogP contribution is -2.55. The van der Waals surface area contributed by atoms with Gasteiger partial charge in [-0.2, -0.15) is 0 Å². The molecule has 13 heavy (non-hydrogen) atoms. The summed E-state index contributed by atoms with van der Waals surface area (Å²) in [7, 11) is -3.17. The van der Waals surface area contributed by atoms with Crippen LogP contribution in [0.2, 0.25) is 0 Å². The van der Waals surface area contributed by atoms with Crippen LogP contribution in [-0.2, 0) is 14.6 Å². The maximum atomic E-state index is 10.8. The number of hydrogen-bond donors (Lipinski definition) is 2. The van der Waals surface area contributed by atoms with Gasteiger partial charge in [0.15, 0.2) is 9.84 Å². The summed E-state index contributed by atoms with van der Waals surface area (Å²) in [5, 5.41) is 17.8. The fourth-order valence-corrected chi connectivity index (χ4v) is 3.78. The molecule has 0 aliphatic carbocycles. The Morgan fingerprint density at radius 3 is 2.23 bits per heavy atom. The number of aliphatic carboxylic acids is 1. The van der Waals surface area contributed by atoms with Crippen LogP contribution in [0.3, 0.4) is 0 Å². The van der Waals surface area contributed by atoms with Crippen molar-refractivity contribution < 1.29 is 23.4 Å². The molecular weight excluding hydrogens is 196 g/mol. The van der Waals surface area contributed by atoms with Crippen molar-refractivity contribution in [2.75, 3.05) is 11.5 Å². The van der Waals surface area contributed by atoms with E-state index in [2.05, 4.69) is 0 Å². The molecule has 0 radical (unpaired) electrons. The SMILES string of the molecule is CC(O)CC1(C(=O)O)CS(=O)(=O)C1. The van der Waals surface area contributed by atoms with E-state index in [4.69, 9.17) is 10.2 Å². The van der Waals surface area contributed by atoms with Gasteiger partial charge >= 0.3 is 5.97 Å². The lowest BCUT2D eigenvalue weighted by molar-refractivity contribution is -0.148. The maximum absolute atomic E-state index is 10.8. The molecule has 76 valence electrons. The first-order valence-electron chi connectivity index (χ1n) is 3.89. The molecule has 1 heterocycles. The molecule has 0 spiro atoms. The molecule has 1 rings (SSSR count). The Bertz CT molecular complexity index is 304. The monoisotopic (exact) mass is 208 g/mol. The van der Waals surface area contributed by atoms with Crippen molar-refractivity contribution in [2.45, 2.75) is 19.4 Å². The minimum Gasteiger partial charge on any atom is -0.481 e. The molecule has 2 N–H and O–H groups in total. The van der Waals surface area contributed by atoms with E-state index < -0.39 is 27.3 Å². The van der Waals surface area contributed by atoms with Crippen molar-refractivity contribution in [3.8, 4) is 0 Å². The molecule has 0 amide bonds. The zero-order chi connectivity index (χ0) is 10.3. The summed E-state index contributed by atoms with van der Waals surface area (Å²) in [5.74, 6) is -1.83. The quantitative estimate of drug-likeness (QED) is 0.637. The number of rotatable bonds is 3. The number of sulfone groups is 1. The van der Waals surface area contributed by atoms with Crippen molar-refractivity contribution in [3.63, 3.8) is 0 Å². The molecule has 1 saturated heterocycles. The van der Waals surface area contributed by atoms with E-state index in [-0.39, 0.29) is 17.9 Å². The Labute approximate surface area is 76.3 Å². The number of aliphatic hydroxyl groups is 1. The Balaban J connectivity index is 2.77. The fourth-order valence-electron chi connectivity index (χ4n) is 1.69. The van der Waals surface area contributed by atoms with Gasteiger partial charge in [-0.1, -0.05) is 0 Å². The van der Waals surface area contributed by atoms with Crippen LogP contribution in [0.1, 0.15) is 13.3 Å². The van der Waals surface area contributed by atoms with Crippen LogP contribution in [-0.4, -0.2) is 42.2 Å². The van der Waals surface area contributed by atoms with Crippen LogP contribution < -0.4 is 0 Å². The van der Waals surface area contributed by atoms with Gasteiger partial charge in [0.1, 0.15) is 0 Å². The second-order valence-corrected chi connectivity index (χ2v) is 5.74. The van der Waals surface area contributed by atoms with Crippen molar-refractivity contribution in [2.24, 2.45) is 5.41 Å². The highest BCUT2D eigenvalue weighted by Crippen LogP contribution is 2.37. The van der Waals surface area contributed by atoms with Crippen LogP contribution >= 0.6 is 0 Å². The number of aliphatic hydroxyl groups excluding tert-OH is 1. The van der Waals surface area contributed by atoms with Gasteiger partial charge in [0, 0.05) is 0 Å². The van der Waals surface area contributed by atoms with Crippen LogP contribution in [0.5, 0.6) is 0 Å². The third-order valence-corrected chi connectivity index (χ3v) is 4.12. The molecule has 0 aromatic rings. The molecule has 1 unspecified atom stereocenters. The van der Waals surface area contributed by atoms with E-state index in [1.165, 1.54) is 6.92 Å². The van der Waals surface area contributed by atoms with E-state index in [9.17, 15) is 13.2 Å². The summed E-state index contributed by atoms with van der Waals surface area (Å²) in [6.07, 6.45) is -0.784. The fraction of sp³-hybridized carbons (Fsp3) is 0.857. The average molecular weight is 208 g/mol. The number of carbonyl (C=O) groups is 1. The Kier molecular flexibility index (Phi) is 2.38. The first-order chi connectivity index (χ1) is 5.77. The maximum Gasteiger partial charge on any atom is 0.311 e. The van der Waals surface area contributed by atoms with E-state index in [0.29, 0.717) is 0 Å². The summed E-state index contributed by atoms with van der Waals surface area (Å²) in [6.45, 7) is 1.45. The Morgan fingerprint density at radius 2 is 2.00 bits per heavy atom. The van der Waals surface area contributed by atoms with E-state index in [0.717, 1.165) is 0 Å². The third kappa shape index (κ3) is 2.00. The minimum atomic E-state index is -3.17. The molecule has 1 fully saturated rings. The molecule has 0 bridgehead atoms. The van der Waals surface area contributed by atoms with Gasteiger partial charge < -0.3 is 10.2 Å². The largest absolute Gasteiger partial charge is 0.481 e. The molecule has 0 aromatic carbocycles. The first kappa shape index (κ1) is 10.5. The molecule has 1 aliphatic rings. The van der Waals surface area contributed by atoms with Crippen LogP contribution in [0.25, 0.3) is 0 Å². The zero-order valence-corrected chi connectivity index (χ0v) is 8.04. The molecule has 0 saturated carbocycles. The zero-order valence-electron chi connectivity index (χ0n) is 7.23. The second kappa shape index (κ2) is 2.95. The van der Waals surface area contributed by atoms with Gasteiger partial charge in [-0.05, 0) is 13.3 Å². The highest BCUT2D eigenvalue weighted by Gasteiger charge is 2.54. The van der Waals surface area contributed by atoms with Gasteiger partial charge in [-0.15, -0.1) is 0 Å². The summed E-state index contributed by atoms with van der Waals surface area (Å²) in [6, 6.07) is 0. The Hall–Kier alpha value is -0.620. The predicted molar refractivity (Wildman–Crippen MR) is 45.0 cm³/mol. The molecule has 5 nitrogen and oxygen atoms in total. The lowest BCUT2D eigenvalue weighted by Gasteiger charge is -2.37. The predicted octanol–water partition coefficient (Wildman–Crippen LogP) is -0.743. The number of carboxylic acid groups (broad SMARTS) is 1. The number of hydrogen-bond acceptors (Lipinski definition) is 4. The van der Waals surface area contributed by atoms with Crippen molar-refractivity contribution in [3.05, 3.63) is 0 Å². The van der Waals surface area contributed by atoms with E-state index in [1.54, 1.807) is 0 Å². The third-order valence-electron chi connectivity index (χ3n) is 2.13. The Morgan fingerprint density at radius 1 is 1.54 bits per heavy atom. The number of carboxylic acids is 1. The average Bonchev–Trinajstić information content (AvgIpc) is 1.80. The second-order valence-electron chi connectivity index (χ2n) is 3.67. The summed E-state index contributed by atoms with van der Waals surface area (Å²) >= 11 is 0. The van der Waals surface area contributed by atoms with Gasteiger partial charge in [-0.3, -0.25) is 4.79 Å². The standard InChI is InChI=1S/C7H12O5S/c1-5(8)2-7(6(9)10)3-13(11,12)4-7/h5,8H,2-4H2,1H3,(H,9,10). The van der Waals surface area contributed by atoms with Gasteiger partial charge in [0.2, 0.25) is 0 Å². The molecule has 0 aromatic heterocycles. The van der Waals surface area contributed by atoms with Gasteiger partial charge in [-0.25, -0.2) is 8.42 Å². The summed E-state index contributed by atoms with van der Waals surface area (Å²) < 4.78 is 21.7. The van der Waals surface area contributed by atoms with Crippen molar-refractivity contribution >= 4 is 15.8 Å². The van der Waals surface area contributed by atoms with Crippen molar-refractivity contribution in [1.82, 2.24) is 0 Å². The van der Waals surface area contributed by atoms with E-state index in [1.807, 2.05) is 0 Å². The molecular formula is C7H12O5S.